The van der Waals surface area contributed by atoms with Gasteiger partial charge in [-0.3, -0.25) is 4.79 Å². The number of hydrogen-bond donors (Lipinski definition) is 1. The first-order valence-corrected chi connectivity index (χ1v) is 15.9. The molecule has 5 aromatic heterocycles. The molecule has 0 saturated heterocycles. The summed E-state index contributed by atoms with van der Waals surface area (Å²) in [5, 5.41) is 11.9. The van der Waals surface area contributed by atoms with Crippen molar-refractivity contribution in [2.45, 2.75) is 48.5 Å². The van der Waals surface area contributed by atoms with E-state index in [4.69, 9.17) is 0 Å². The number of nitrogens with one attached hydrogen (secondary N) is 1. The van der Waals surface area contributed by atoms with Crippen LogP contribution in [-0.4, -0.2) is 45.8 Å². The Balaban J connectivity index is 0.000000192. The molecule has 0 aliphatic heterocycles. The molecule has 1 N–H and O–H groups in total. The van der Waals surface area contributed by atoms with E-state index in [1.165, 1.54) is 11.1 Å². The maximum Gasteiger partial charge on any atom is 1.00 e. The molecule has 0 aliphatic rings. The van der Waals surface area contributed by atoms with Crippen molar-refractivity contribution in [2.24, 2.45) is 0 Å². The molecule has 0 saturated carbocycles. The van der Waals surface area contributed by atoms with Crippen LogP contribution in [0.25, 0.3) is 22.9 Å². The summed E-state index contributed by atoms with van der Waals surface area (Å²) in [6.45, 7) is 14.3. The van der Waals surface area contributed by atoms with Crippen molar-refractivity contribution < 1.29 is 24.6 Å². The Morgan fingerprint density at radius 1 is 0.745 bits per heavy atom. The second-order valence-corrected chi connectivity index (χ2v) is 11.2. The van der Waals surface area contributed by atoms with Crippen LogP contribution in [0.1, 0.15) is 39.5 Å². The third kappa shape index (κ3) is 9.83. The number of alkyl halides is 1. The van der Waals surface area contributed by atoms with Crippen molar-refractivity contribution in [3.8, 4) is 22.9 Å². The topological polar surface area (TPSA) is 103 Å². The Bertz CT molecular complexity index is 1820. The number of benzene rings is 1. The van der Waals surface area contributed by atoms with Gasteiger partial charge in [-0.2, -0.15) is 10.2 Å². The Kier molecular flexibility index (Phi) is 13.9. The van der Waals surface area contributed by atoms with Crippen molar-refractivity contribution in [1.82, 2.24) is 34.5 Å². The number of rotatable bonds is 5. The predicted octanol–water partition coefficient (Wildman–Crippen LogP) is 7.57. The molecular formula is C36H38BrN8OOs. The third-order valence-electron chi connectivity index (χ3n) is 7.44. The van der Waals surface area contributed by atoms with Crippen LogP contribution in [0, 0.1) is 54.5 Å². The van der Waals surface area contributed by atoms with E-state index in [9.17, 15) is 4.79 Å². The average molecular weight is 869 g/mol. The van der Waals surface area contributed by atoms with Gasteiger partial charge < -0.3 is 10.3 Å². The Morgan fingerprint density at radius 2 is 1.30 bits per heavy atom. The van der Waals surface area contributed by atoms with Gasteiger partial charge in [-0.05, 0) is 101 Å². The molecule has 0 bridgehead atoms. The number of anilines is 1. The SMILES string of the molecule is Cc1ccnc(-c2[c-]ccc(NC(=O)CBr)c2)c1.Cc1nn(-c2ccccn2)c(C)c1C.Cc1nn(-c2ccccn2)c(C)c1C.[Os+]. The maximum atomic E-state index is 11.3. The molecule has 1 amide bonds. The van der Waals surface area contributed by atoms with E-state index in [0.717, 1.165) is 56.9 Å². The minimum atomic E-state index is -0.0793. The molecule has 6 rings (SSSR count). The molecule has 1 aromatic carbocycles. The van der Waals surface area contributed by atoms with Crippen LogP contribution in [0.5, 0.6) is 0 Å². The Hall–Kier alpha value is -4.32. The summed E-state index contributed by atoms with van der Waals surface area (Å²) < 4.78 is 3.76. The molecule has 47 heavy (non-hydrogen) atoms. The first kappa shape index (κ1) is 37.1. The monoisotopic (exact) mass is 869 g/mol. The molecule has 0 fully saturated rings. The van der Waals surface area contributed by atoms with E-state index in [1.54, 1.807) is 30.7 Å². The summed E-state index contributed by atoms with van der Waals surface area (Å²) in [4.78, 5) is 24.1. The number of nitrogens with zero attached hydrogens (tertiary/aromatic N) is 7. The van der Waals surface area contributed by atoms with Crippen molar-refractivity contribution in [3.05, 3.63) is 131 Å². The van der Waals surface area contributed by atoms with Gasteiger partial charge in [-0.1, -0.05) is 39.7 Å². The second kappa shape index (κ2) is 17.6. The number of pyridine rings is 3. The average Bonchev–Trinajstić information content (AvgIpc) is 3.50. The number of halogens is 1. The van der Waals surface area contributed by atoms with Crippen LogP contribution in [0.4, 0.5) is 5.69 Å². The van der Waals surface area contributed by atoms with Gasteiger partial charge in [0.05, 0.1) is 16.7 Å². The summed E-state index contributed by atoms with van der Waals surface area (Å²) in [5.74, 6) is 1.67. The number of aromatic nitrogens is 7. The van der Waals surface area contributed by atoms with Gasteiger partial charge in [-0.25, -0.2) is 19.3 Å². The summed E-state index contributed by atoms with van der Waals surface area (Å²) in [7, 11) is 0. The van der Waals surface area contributed by atoms with E-state index in [-0.39, 0.29) is 31.0 Å². The van der Waals surface area contributed by atoms with Gasteiger partial charge >= 0.3 is 19.8 Å². The Labute approximate surface area is 298 Å². The summed E-state index contributed by atoms with van der Waals surface area (Å²) >= 11 is 3.11. The zero-order chi connectivity index (χ0) is 33.2. The second-order valence-electron chi connectivity index (χ2n) is 10.7. The Morgan fingerprint density at radius 3 is 1.72 bits per heavy atom. The number of carbonyl (C=O) groups excluding carboxylic acids is 1. The third-order valence-corrected chi connectivity index (χ3v) is 7.95. The molecule has 0 atom stereocenters. The molecule has 243 valence electrons. The minimum Gasteiger partial charge on any atom is -0.343 e. The van der Waals surface area contributed by atoms with E-state index in [1.807, 2.05) is 84.7 Å². The van der Waals surface area contributed by atoms with Crippen molar-refractivity contribution in [1.29, 1.82) is 0 Å². The van der Waals surface area contributed by atoms with E-state index in [2.05, 4.69) is 80.2 Å². The van der Waals surface area contributed by atoms with Gasteiger partial charge in [0.15, 0.2) is 11.6 Å². The number of hydrogen-bond acceptors (Lipinski definition) is 6. The summed E-state index contributed by atoms with van der Waals surface area (Å²) in [6.07, 6.45) is 5.32. The zero-order valence-electron chi connectivity index (χ0n) is 27.6. The quantitative estimate of drug-likeness (QED) is 0.142. The van der Waals surface area contributed by atoms with Crippen LogP contribution in [-0.2, 0) is 24.6 Å². The van der Waals surface area contributed by atoms with Crippen LogP contribution in [0.2, 0.25) is 0 Å². The maximum absolute atomic E-state index is 11.3. The van der Waals surface area contributed by atoms with Crippen molar-refractivity contribution >= 4 is 27.5 Å². The molecule has 9 nitrogen and oxygen atoms in total. The molecule has 5 heterocycles. The van der Waals surface area contributed by atoms with Crippen LogP contribution in [0.15, 0.2) is 85.3 Å². The van der Waals surface area contributed by atoms with E-state index >= 15 is 0 Å². The van der Waals surface area contributed by atoms with Crippen LogP contribution >= 0.6 is 15.9 Å². The van der Waals surface area contributed by atoms with Crippen molar-refractivity contribution in [3.63, 3.8) is 0 Å². The van der Waals surface area contributed by atoms with Crippen molar-refractivity contribution in [2.75, 3.05) is 10.6 Å². The van der Waals surface area contributed by atoms with Gasteiger partial charge in [-0.15, -0.1) is 29.8 Å². The van der Waals surface area contributed by atoms with Gasteiger partial charge in [0.25, 0.3) is 0 Å². The molecular weight excluding hydrogens is 831 g/mol. The molecule has 1 radical (unpaired) electrons. The summed E-state index contributed by atoms with van der Waals surface area (Å²) in [6, 6.07) is 24.2. The zero-order valence-corrected chi connectivity index (χ0v) is 31.7. The predicted molar refractivity (Wildman–Crippen MR) is 187 cm³/mol. The summed E-state index contributed by atoms with van der Waals surface area (Å²) in [5.41, 5.74) is 10.5. The van der Waals surface area contributed by atoms with E-state index < -0.39 is 0 Å². The molecule has 0 unspecified atom stereocenters. The molecule has 0 spiro atoms. The first-order chi connectivity index (χ1) is 22.1. The fourth-order valence-electron chi connectivity index (χ4n) is 4.42. The molecule has 6 aromatic rings. The first-order valence-electron chi connectivity index (χ1n) is 14.8. The number of amides is 1. The van der Waals surface area contributed by atoms with E-state index in [0.29, 0.717) is 0 Å². The minimum absolute atomic E-state index is 0. The molecule has 11 heteroatoms. The van der Waals surface area contributed by atoms with Crippen LogP contribution < -0.4 is 5.32 Å². The fourth-order valence-corrected chi connectivity index (χ4v) is 4.56. The largest absolute Gasteiger partial charge is 1.00 e. The van der Waals surface area contributed by atoms with Crippen LogP contribution in [0.3, 0.4) is 0 Å². The number of carbonyl (C=O) groups is 1. The van der Waals surface area contributed by atoms with Gasteiger partial charge in [0, 0.05) is 30.0 Å². The van der Waals surface area contributed by atoms with Gasteiger partial charge in [0.1, 0.15) is 0 Å². The normalized spacial score (nSPS) is 10.1. The smallest absolute Gasteiger partial charge is 0.343 e. The standard InChI is InChI=1S/C14H12BrN2O.2C11H13N3.Os/c1-10-5-6-16-13(7-10)11-3-2-4-12(8-11)17-14(18)9-15;2*1-8-9(2)13-14(10(8)3)11-6-4-5-7-12-11;/h2,4-8H,9H2,1H3,(H,17,18);2*4-7H,1-3H3;/q-1;;;+1. The fraction of sp³-hybridized carbons (Fsp3) is 0.222. The van der Waals surface area contributed by atoms with Gasteiger partial charge in [0.2, 0.25) is 5.91 Å². The number of aryl methyl sites for hydroxylation is 3. The molecule has 0 aliphatic carbocycles.